The number of nitroso groups, excluding NO2 is 1. The number of hydrogen-bond acceptors (Lipinski definition) is 12. The third kappa shape index (κ3) is 11.8. The summed E-state index contributed by atoms with van der Waals surface area (Å²) in [4.78, 5) is 46.3. The normalized spacial score (nSPS) is 13.6. The molecule has 61 heavy (non-hydrogen) atoms. The molecule has 5 N–H and O–H groups in total. The Bertz CT molecular complexity index is 2380. The molecule has 2 amide bonds. The summed E-state index contributed by atoms with van der Waals surface area (Å²) in [5.41, 5.74) is 14.8. The van der Waals surface area contributed by atoms with Gasteiger partial charge in [-0.15, -0.1) is 4.91 Å². The number of allylic oxidation sites excluding steroid dienone is 1. The van der Waals surface area contributed by atoms with Gasteiger partial charge in [0.15, 0.2) is 0 Å². The van der Waals surface area contributed by atoms with Gasteiger partial charge < -0.3 is 40.5 Å². The predicted octanol–water partition coefficient (Wildman–Crippen LogP) is 6.19. The predicted molar refractivity (Wildman–Crippen MR) is 242 cm³/mol. The third-order valence-electron chi connectivity index (χ3n) is 10.5. The van der Waals surface area contributed by atoms with Crippen LogP contribution in [0.25, 0.3) is 39.5 Å². The number of hydrogen-bond donors (Lipinski definition) is 4. The Kier molecular flexibility index (Phi) is 15.9. The SMILES string of the molecule is C=C(/C=C/c1ccc(N=O)cc1)NCCOCCOCCNC(=O)CN1CCN(C(=O)c2ccccc2-c2c3cc(C)/c(=N/CC)cc-3oc3cc(NCN)c(C)cc23)CC1. The Morgan fingerprint density at radius 3 is 2.31 bits per heavy atom. The van der Waals surface area contributed by atoms with Crippen LogP contribution in [0.4, 0.5) is 11.4 Å². The lowest BCUT2D eigenvalue weighted by atomic mass is 9.89. The van der Waals surface area contributed by atoms with Gasteiger partial charge in [-0.2, -0.15) is 0 Å². The van der Waals surface area contributed by atoms with Gasteiger partial charge in [0.1, 0.15) is 17.0 Å². The highest BCUT2D eigenvalue weighted by Crippen LogP contribution is 2.43. The van der Waals surface area contributed by atoms with E-state index in [1.54, 1.807) is 12.1 Å². The molecular weight excluding hydrogens is 773 g/mol. The van der Waals surface area contributed by atoms with Crippen LogP contribution >= 0.6 is 0 Å². The Morgan fingerprint density at radius 1 is 0.885 bits per heavy atom. The second-order valence-electron chi connectivity index (χ2n) is 14.8. The van der Waals surface area contributed by atoms with Crippen LogP contribution in [0, 0.1) is 18.8 Å². The molecule has 14 heteroatoms. The highest BCUT2D eigenvalue weighted by molar-refractivity contribution is 6.09. The minimum Gasteiger partial charge on any atom is -0.456 e. The van der Waals surface area contributed by atoms with Crippen molar-refractivity contribution in [1.29, 1.82) is 0 Å². The molecule has 2 aliphatic heterocycles. The highest BCUT2D eigenvalue weighted by Gasteiger charge is 2.27. The molecule has 0 aromatic heterocycles. The summed E-state index contributed by atoms with van der Waals surface area (Å²) >= 11 is 0. The first-order valence-electron chi connectivity index (χ1n) is 20.7. The summed E-state index contributed by atoms with van der Waals surface area (Å²) in [5.74, 6) is 0.548. The van der Waals surface area contributed by atoms with Crippen molar-refractivity contribution in [3.63, 3.8) is 0 Å². The van der Waals surface area contributed by atoms with Crippen LogP contribution in [0.1, 0.15) is 34.0 Å². The summed E-state index contributed by atoms with van der Waals surface area (Å²) in [7, 11) is 0. The Morgan fingerprint density at radius 2 is 1.61 bits per heavy atom. The maximum absolute atomic E-state index is 14.3. The molecule has 1 saturated heterocycles. The van der Waals surface area contributed by atoms with Crippen molar-refractivity contribution in [1.82, 2.24) is 20.4 Å². The number of fused-ring (bicyclic) bond motifs is 2. The minimum absolute atomic E-state index is 0.0529. The number of nitrogens with one attached hydrogen (secondary N) is 3. The van der Waals surface area contributed by atoms with Crippen molar-refractivity contribution in [2.75, 3.05) is 90.8 Å². The van der Waals surface area contributed by atoms with Crippen LogP contribution in [-0.4, -0.2) is 107 Å². The fourth-order valence-corrected chi connectivity index (χ4v) is 7.32. The fourth-order valence-electron chi connectivity index (χ4n) is 7.32. The molecule has 14 nitrogen and oxygen atoms in total. The standard InChI is InChI=1S/C47H56N8O6/c1-5-49-41-28-43-39(26-32(41)2)46(40-27-33(3)42(52-31-48)29-44(40)61-43)37-8-6-7-9-38(37)47(57)55-20-18-54(19-21-55)30-45(56)51-17-23-60-25-24-59-22-16-50-34(4)10-11-35-12-14-36(53-58)15-13-35/h6-15,26-29,50,52H,4-5,16-25,30-31,48H2,1-3H3,(H,51,56)/b11-10+,49-41+. The molecule has 0 saturated carbocycles. The second kappa shape index (κ2) is 21.9. The Balaban J connectivity index is 0.961. The lowest BCUT2D eigenvalue weighted by Gasteiger charge is -2.34. The summed E-state index contributed by atoms with van der Waals surface area (Å²) in [6, 6.07) is 22.9. The molecule has 0 radical (unpaired) electrons. The number of benzene rings is 4. The molecule has 320 valence electrons. The highest BCUT2D eigenvalue weighted by atomic mass is 16.5. The van der Waals surface area contributed by atoms with E-state index in [2.05, 4.69) is 49.7 Å². The summed E-state index contributed by atoms with van der Waals surface area (Å²) in [6.07, 6.45) is 3.75. The van der Waals surface area contributed by atoms with Gasteiger partial charge in [-0.1, -0.05) is 43.0 Å². The monoisotopic (exact) mass is 828 g/mol. The molecule has 2 heterocycles. The van der Waals surface area contributed by atoms with Crippen LogP contribution in [0.3, 0.4) is 0 Å². The number of ether oxygens (including phenoxy) is 2. The Labute approximate surface area is 356 Å². The van der Waals surface area contributed by atoms with Crippen molar-refractivity contribution in [2.24, 2.45) is 15.9 Å². The second-order valence-corrected chi connectivity index (χ2v) is 14.8. The first-order chi connectivity index (χ1) is 29.7. The number of amides is 2. The number of aryl methyl sites for hydroxylation is 2. The number of anilines is 1. The lowest BCUT2D eigenvalue weighted by Crippen LogP contribution is -2.51. The van der Waals surface area contributed by atoms with E-state index >= 15 is 0 Å². The van der Waals surface area contributed by atoms with Gasteiger partial charge in [0.2, 0.25) is 5.91 Å². The smallest absolute Gasteiger partial charge is 0.254 e. The largest absolute Gasteiger partial charge is 0.456 e. The van der Waals surface area contributed by atoms with Crippen LogP contribution < -0.4 is 27.0 Å². The molecule has 3 aromatic rings. The van der Waals surface area contributed by atoms with Crippen molar-refractivity contribution in [3.05, 3.63) is 124 Å². The number of nitrogens with zero attached hydrogens (tertiary/aromatic N) is 4. The van der Waals surface area contributed by atoms with Crippen LogP contribution in [0.2, 0.25) is 0 Å². The molecular formula is C47H56N8O6. The maximum atomic E-state index is 14.3. The van der Waals surface area contributed by atoms with E-state index in [4.69, 9.17) is 19.6 Å². The average molecular weight is 829 g/mol. The molecule has 6 rings (SSSR count). The van der Waals surface area contributed by atoms with Gasteiger partial charge in [-0.25, -0.2) is 0 Å². The van der Waals surface area contributed by atoms with E-state index in [1.807, 2.05) is 86.4 Å². The number of piperazine rings is 1. The molecule has 0 bridgehead atoms. The lowest BCUT2D eigenvalue weighted by molar-refractivity contribution is -0.122. The molecule has 1 aliphatic carbocycles. The zero-order valence-electron chi connectivity index (χ0n) is 35.3. The minimum atomic E-state index is -0.0844. The van der Waals surface area contributed by atoms with E-state index in [0.717, 1.165) is 55.5 Å². The first kappa shape index (κ1) is 44.4. The zero-order valence-corrected chi connectivity index (χ0v) is 35.3. The van der Waals surface area contributed by atoms with Crippen LogP contribution in [0.5, 0.6) is 0 Å². The van der Waals surface area contributed by atoms with E-state index in [9.17, 15) is 14.5 Å². The van der Waals surface area contributed by atoms with Gasteiger partial charge in [0, 0.05) is 91.4 Å². The zero-order chi connectivity index (χ0) is 43.1. The molecule has 0 spiro atoms. The molecule has 0 unspecified atom stereocenters. The van der Waals surface area contributed by atoms with Crippen molar-refractivity contribution < 1.29 is 23.5 Å². The van der Waals surface area contributed by atoms with Crippen LogP contribution in [-0.2, 0) is 14.3 Å². The van der Waals surface area contributed by atoms with E-state index < -0.39 is 0 Å². The van der Waals surface area contributed by atoms with Gasteiger partial charge >= 0.3 is 0 Å². The summed E-state index contributed by atoms with van der Waals surface area (Å²) < 4.78 is 17.8. The molecule has 3 aromatic carbocycles. The maximum Gasteiger partial charge on any atom is 0.254 e. The van der Waals surface area contributed by atoms with Crippen molar-refractivity contribution in [3.8, 4) is 22.5 Å². The van der Waals surface area contributed by atoms with E-state index in [-0.39, 0.29) is 25.0 Å². The molecule has 0 atom stereocenters. The van der Waals surface area contributed by atoms with Crippen LogP contribution in [0.15, 0.2) is 106 Å². The van der Waals surface area contributed by atoms with Gasteiger partial charge in [-0.05, 0) is 84.6 Å². The summed E-state index contributed by atoms with van der Waals surface area (Å²) in [6.45, 7) is 16.1. The number of carbonyl (C=O) groups is 2. The molecule has 1 fully saturated rings. The quantitative estimate of drug-likeness (QED) is 0.0233. The van der Waals surface area contributed by atoms with Crippen molar-refractivity contribution >= 4 is 40.2 Å². The topological polar surface area (TPSA) is 176 Å². The first-order valence-corrected chi connectivity index (χ1v) is 20.7. The van der Waals surface area contributed by atoms with Gasteiger partial charge in [0.05, 0.1) is 45.0 Å². The summed E-state index contributed by atoms with van der Waals surface area (Å²) in [5, 5.41) is 14.0. The number of rotatable bonds is 20. The van der Waals surface area contributed by atoms with Gasteiger partial charge in [0.25, 0.3) is 5.91 Å². The fraction of sp³-hybridized carbons (Fsp3) is 0.340. The molecule has 3 aliphatic rings. The number of carbonyl (C=O) groups excluding carboxylic acids is 2. The van der Waals surface area contributed by atoms with Gasteiger partial charge in [-0.3, -0.25) is 19.5 Å². The Hall–Kier alpha value is -6.19. The number of nitrogens with two attached hydrogens (primary N) is 1. The van der Waals surface area contributed by atoms with E-state index in [1.165, 1.54) is 0 Å². The average Bonchev–Trinajstić information content (AvgIpc) is 3.26. The third-order valence-corrected chi connectivity index (χ3v) is 10.5. The van der Waals surface area contributed by atoms with E-state index in [0.29, 0.717) is 94.8 Å². The van der Waals surface area contributed by atoms with Crippen molar-refractivity contribution in [2.45, 2.75) is 20.8 Å².